The number of hydrogen-bond donors (Lipinski definition) is 0. The predicted octanol–water partition coefficient (Wildman–Crippen LogP) is 2.51. The molecule has 0 N–H and O–H groups in total. The van der Waals surface area contributed by atoms with Crippen LogP contribution in [0.4, 0.5) is 0 Å². The fourth-order valence-corrected chi connectivity index (χ4v) is 3.47. The van der Waals surface area contributed by atoms with E-state index < -0.39 is 12.0 Å². The average molecular weight is 360 g/mol. The monoisotopic (exact) mass is 359 g/mol. The first-order valence-corrected chi connectivity index (χ1v) is 8.35. The zero-order valence-electron chi connectivity index (χ0n) is 12.5. The summed E-state index contributed by atoms with van der Waals surface area (Å²) in [5.41, 5.74) is -0.256. The van der Waals surface area contributed by atoms with E-state index in [1.165, 1.54) is 28.5 Å². The van der Waals surface area contributed by atoms with Gasteiger partial charge >= 0.3 is 11.7 Å². The zero-order chi connectivity index (χ0) is 15.4. The lowest BCUT2D eigenvalue weighted by Crippen LogP contribution is -2.32. The number of carbonyl (C=O) groups excluding carboxylic acids is 1. The normalized spacial score (nSPS) is 17.7. The van der Waals surface area contributed by atoms with Gasteiger partial charge in [0.25, 0.3) is 0 Å². The number of rotatable bonds is 5. The molecule has 0 bridgehead atoms. The second-order valence-corrected chi connectivity index (χ2v) is 6.25. The van der Waals surface area contributed by atoms with E-state index in [9.17, 15) is 9.59 Å². The van der Waals surface area contributed by atoms with Crippen LogP contribution in [-0.4, -0.2) is 26.9 Å². The first kappa shape index (κ1) is 16.3. The summed E-state index contributed by atoms with van der Waals surface area (Å²) in [6, 6.07) is -0.674. The average Bonchev–Trinajstić information content (AvgIpc) is 2.74. The standard InChI is InChI=1S/C14H22BrN3O3/c1-3-21-12(19)10(2)18-13(15)16-17(14(18)20)9-11-7-5-4-6-8-11/h10-11H,3-9H2,1-2H3/t10-/m0/s1. The van der Waals surface area contributed by atoms with Crippen LogP contribution in [0, 0.1) is 5.92 Å². The molecule has 2 rings (SSSR count). The summed E-state index contributed by atoms with van der Waals surface area (Å²) in [7, 11) is 0. The molecule has 0 unspecified atom stereocenters. The molecule has 1 saturated carbocycles. The van der Waals surface area contributed by atoms with Crippen LogP contribution in [0.15, 0.2) is 9.53 Å². The summed E-state index contributed by atoms with van der Waals surface area (Å²) in [6.45, 7) is 4.32. The Bertz CT molecular complexity index is 546. The Hall–Kier alpha value is -1.11. The van der Waals surface area contributed by atoms with Crippen LogP contribution in [0.1, 0.15) is 52.0 Å². The lowest BCUT2D eigenvalue weighted by atomic mass is 9.89. The van der Waals surface area contributed by atoms with Gasteiger partial charge in [-0.25, -0.2) is 14.3 Å². The van der Waals surface area contributed by atoms with Crippen LogP contribution < -0.4 is 5.69 Å². The van der Waals surface area contributed by atoms with Crippen molar-refractivity contribution in [2.75, 3.05) is 6.61 Å². The highest BCUT2D eigenvalue weighted by Gasteiger charge is 2.24. The minimum absolute atomic E-state index is 0.256. The first-order chi connectivity index (χ1) is 10.0. The van der Waals surface area contributed by atoms with E-state index in [1.54, 1.807) is 13.8 Å². The predicted molar refractivity (Wildman–Crippen MR) is 82.1 cm³/mol. The SMILES string of the molecule is CCOC(=O)[C@H](C)n1c(Br)nn(CC2CCCCC2)c1=O. The fourth-order valence-electron chi connectivity index (χ4n) is 2.82. The quantitative estimate of drug-likeness (QED) is 0.757. The molecule has 1 fully saturated rings. The highest BCUT2D eigenvalue weighted by atomic mass is 79.9. The third-order valence-electron chi connectivity index (χ3n) is 4.00. The van der Waals surface area contributed by atoms with Crippen molar-refractivity contribution in [2.24, 2.45) is 5.92 Å². The Labute approximate surface area is 132 Å². The third kappa shape index (κ3) is 3.75. The van der Waals surface area contributed by atoms with Crippen LogP contribution in [0.5, 0.6) is 0 Å². The third-order valence-corrected chi connectivity index (χ3v) is 4.54. The summed E-state index contributed by atoms with van der Waals surface area (Å²) in [5, 5.41) is 4.24. The molecular weight excluding hydrogens is 338 g/mol. The zero-order valence-corrected chi connectivity index (χ0v) is 14.1. The van der Waals surface area contributed by atoms with Gasteiger partial charge < -0.3 is 4.74 Å². The maximum absolute atomic E-state index is 12.4. The number of hydrogen-bond acceptors (Lipinski definition) is 4. The Morgan fingerprint density at radius 2 is 2.10 bits per heavy atom. The summed E-state index contributed by atoms with van der Waals surface area (Å²) < 4.78 is 8.17. The summed E-state index contributed by atoms with van der Waals surface area (Å²) in [5.74, 6) is 0.0853. The van der Waals surface area contributed by atoms with E-state index in [-0.39, 0.29) is 5.69 Å². The lowest BCUT2D eigenvalue weighted by molar-refractivity contribution is -0.146. The number of esters is 1. The Balaban J connectivity index is 2.16. The van der Waals surface area contributed by atoms with Crippen molar-refractivity contribution < 1.29 is 9.53 Å². The van der Waals surface area contributed by atoms with Gasteiger partial charge in [0, 0.05) is 6.54 Å². The van der Waals surface area contributed by atoms with Crippen molar-refractivity contribution in [3.63, 3.8) is 0 Å². The Kier molecular flexibility index (Phi) is 5.61. The molecule has 0 saturated heterocycles. The topological polar surface area (TPSA) is 66.1 Å². The number of aromatic nitrogens is 3. The van der Waals surface area contributed by atoms with Crippen molar-refractivity contribution in [1.29, 1.82) is 0 Å². The molecule has 0 amide bonds. The van der Waals surface area contributed by atoms with E-state index in [2.05, 4.69) is 21.0 Å². The van der Waals surface area contributed by atoms with E-state index >= 15 is 0 Å². The molecule has 0 aliphatic heterocycles. The van der Waals surface area contributed by atoms with E-state index in [4.69, 9.17) is 4.74 Å². The Morgan fingerprint density at radius 3 is 2.71 bits per heavy atom. The highest BCUT2D eigenvalue weighted by molar-refractivity contribution is 9.10. The molecule has 1 atom stereocenters. The molecule has 1 aromatic heterocycles. The number of nitrogens with zero attached hydrogens (tertiary/aromatic N) is 3. The molecule has 21 heavy (non-hydrogen) atoms. The lowest BCUT2D eigenvalue weighted by Gasteiger charge is -2.20. The van der Waals surface area contributed by atoms with Gasteiger partial charge in [-0.2, -0.15) is 0 Å². The van der Waals surface area contributed by atoms with Crippen molar-refractivity contribution >= 4 is 21.9 Å². The maximum atomic E-state index is 12.4. The first-order valence-electron chi connectivity index (χ1n) is 7.56. The van der Waals surface area contributed by atoms with Crippen molar-refractivity contribution in [2.45, 2.75) is 58.5 Å². The highest BCUT2D eigenvalue weighted by Crippen LogP contribution is 2.24. The van der Waals surface area contributed by atoms with Crippen LogP contribution in [-0.2, 0) is 16.1 Å². The van der Waals surface area contributed by atoms with Gasteiger partial charge in [-0.05, 0) is 48.5 Å². The van der Waals surface area contributed by atoms with E-state index in [0.29, 0.717) is 23.8 Å². The Morgan fingerprint density at radius 1 is 1.43 bits per heavy atom. The molecule has 0 aromatic carbocycles. The molecular formula is C14H22BrN3O3. The summed E-state index contributed by atoms with van der Waals surface area (Å²) in [4.78, 5) is 24.2. The van der Waals surface area contributed by atoms with Gasteiger partial charge in [-0.15, -0.1) is 5.10 Å². The van der Waals surface area contributed by atoms with E-state index in [0.717, 1.165) is 12.8 Å². The van der Waals surface area contributed by atoms with Crippen molar-refractivity contribution in [3.05, 3.63) is 15.2 Å². The second kappa shape index (κ2) is 7.24. The second-order valence-electron chi connectivity index (χ2n) is 5.54. The fraction of sp³-hybridized carbons (Fsp3) is 0.786. The maximum Gasteiger partial charge on any atom is 0.347 e. The molecule has 1 aromatic rings. The molecule has 7 heteroatoms. The van der Waals surface area contributed by atoms with Crippen LogP contribution in [0.25, 0.3) is 0 Å². The molecule has 0 radical (unpaired) electrons. The van der Waals surface area contributed by atoms with Gasteiger partial charge in [0.15, 0.2) is 0 Å². The van der Waals surface area contributed by atoms with Crippen molar-refractivity contribution in [3.8, 4) is 0 Å². The minimum Gasteiger partial charge on any atom is -0.464 e. The van der Waals surface area contributed by atoms with Crippen LogP contribution >= 0.6 is 15.9 Å². The van der Waals surface area contributed by atoms with Crippen LogP contribution in [0.3, 0.4) is 0 Å². The summed E-state index contributed by atoms with van der Waals surface area (Å²) in [6.07, 6.45) is 6.01. The van der Waals surface area contributed by atoms with E-state index in [1.807, 2.05) is 0 Å². The minimum atomic E-state index is -0.674. The molecule has 1 heterocycles. The van der Waals surface area contributed by atoms with Crippen molar-refractivity contribution in [1.82, 2.24) is 14.3 Å². The number of ether oxygens (including phenoxy) is 1. The smallest absolute Gasteiger partial charge is 0.347 e. The molecule has 0 spiro atoms. The molecule has 118 valence electrons. The molecule has 1 aliphatic carbocycles. The van der Waals surface area contributed by atoms with Gasteiger partial charge in [0.1, 0.15) is 6.04 Å². The molecule has 6 nitrogen and oxygen atoms in total. The van der Waals surface area contributed by atoms with Gasteiger partial charge in [-0.3, -0.25) is 4.57 Å². The number of halogens is 1. The largest absolute Gasteiger partial charge is 0.464 e. The van der Waals surface area contributed by atoms with Crippen LogP contribution in [0.2, 0.25) is 0 Å². The number of carbonyl (C=O) groups is 1. The molecule has 1 aliphatic rings. The summed E-state index contributed by atoms with van der Waals surface area (Å²) >= 11 is 3.28. The van der Waals surface area contributed by atoms with Gasteiger partial charge in [-0.1, -0.05) is 19.3 Å². The van der Waals surface area contributed by atoms with Gasteiger partial charge in [0.2, 0.25) is 4.73 Å². The van der Waals surface area contributed by atoms with Gasteiger partial charge in [0.05, 0.1) is 6.61 Å².